The first-order valence-electron chi connectivity index (χ1n) is 10.1. The molecule has 32 heavy (non-hydrogen) atoms. The maximum Gasteiger partial charge on any atom is 0.342 e. The molecule has 1 atom stereocenters. The van der Waals surface area contributed by atoms with Gasteiger partial charge in [-0.25, -0.2) is 9.18 Å². The zero-order valence-corrected chi connectivity index (χ0v) is 17.6. The Morgan fingerprint density at radius 2 is 1.72 bits per heavy atom. The number of fused-ring (bicyclic) bond motifs is 1. The second-order valence-electron chi connectivity index (χ2n) is 7.26. The third kappa shape index (κ3) is 4.15. The van der Waals surface area contributed by atoms with Crippen LogP contribution in [0.2, 0.25) is 0 Å². The van der Waals surface area contributed by atoms with Gasteiger partial charge in [-0.3, -0.25) is 0 Å². The Labute approximate surface area is 184 Å². The zero-order chi connectivity index (χ0) is 22.8. The molecule has 0 amide bonds. The summed E-state index contributed by atoms with van der Waals surface area (Å²) in [6, 6.07) is 15.9. The number of carbonyl (C=O) groups is 1. The van der Waals surface area contributed by atoms with E-state index in [4.69, 9.17) is 19.6 Å². The van der Waals surface area contributed by atoms with E-state index in [2.05, 4.69) is 0 Å². The number of furan rings is 1. The SMILES string of the molecule is CCOC(=O)c1c(-c2ccc(Oc3ccc(F)cc3)cc2)oc2cc(N)c(C(C)O)cc12. The molecule has 0 bridgehead atoms. The van der Waals surface area contributed by atoms with Crippen molar-refractivity contribution in [1.82, 2.24) is 0 Å². The van der Waals surface area contributed by atoms with E-state index in [1.165, 1.54) is 24.3 Å². The van der Waals surface area contributed by atoms with Crippen molar-refractivity contribution in [3.8, 4) is 22.8 Å². The lowest BCUT2D eigenvalue weighted by Crippen LogP contribution is -2.06. The fourth-order valence-corrected chi connectivity index (χ4v) is 3.46. The second-order valence-corrected chi connectivity index (χ2v) is 7.26. The van der Waals surface area contributed by atoms with Gasteiger partial charge in [0.05, 0.1) is 12.7 Å². The van der Waals surface area contributed by atoms with E-state index < -0.39 is 12.1 Å². The first-order chi connectivity index (χ1) is 15.4. The molecule has 4 aromatic rings. The minimum Gasteiger partial charge on any atom is -0.462 e. The number of aliphatic hydroxyl groups excluding tert-OH is 1. The van der Waals surface area contributed by atoms with Gasteiger partial charge in [-0.15, -0.1) is 0 Å². The van der Waals surface area contributed by atoms with Crippen LogP contribution < -0.4 is 10.5 Å². The van der Waals surface area contributed by atoms with Gasteiger partial charge in [-0.05, 0) is 68.4 Å². The summed E-state index contributed by atoms with van der Waals surface area (Å²) in [4.78, 5) is 12.8. The van der Waals surface area contributed by atoms with Gasteiger partial charge in [0.2, 0.25) is 0 Å². The minimum atomic E-state index is -0.810. The van der Waals surface area contributed by atoms with Crippen molar-refractivity contribution in [3.63, 3.8) is 0 Å². The van der Waals surface area contributed by atoms with Crippen molar-refractivity contribution in [2.75, 3.05) is 12.3 Å². The largest absolute Gasteiger partial charge is 0.462 e. The quantitative estimate of drug-likeness (QED) is 0.292. The zero-order valence-electron chi connectivity index (χ0n) is 17.6. The highest BCUT2D eigenvalue weighted by Gasteiger charge is 2.25. The maximum atomic E-state index is 13.1. The fraction of sp³-hybridized carbons (Fsp3) is 0.160. The predicted molar refractivity (Wildman–Crippen MR) is 119 cm³/mol. The third-order valence-corrected chi connectivity index (χ3v) is 4.99. The molecule has 0 aliphatic carbocycles. The van der Waals surface area contributed by atoms with Crippen LogP contribution in [-0.2, 0) is 4.74 Å². The van der Waals surface area contributed by atoms with E-state index in [-0.39, 0.29) is 18.0 Å². The number of benzene rings is 3. The average molecular weight is 435 g/mol. The number of nitrogens with two attached hydrogens (primary N) is 1. The van der Waals surface area contributed by atoms with Crippen molar-refractivity contribution in [1.29, 1.82) is 0 Å². The molecule has 1 unspecified atom stereocenters. The maximum absolute atomic E-state index is 13.1. The van der Waals surface area contributed by atoms with Crippen LogP contribution >= 0.6 is 0 Å². The molecule has 0 aliphatic heterocycles. The highest BCUT2D eigenvalue weighted by atomic mass is 19.1. The second kappa shape index (κ2) is 8.72. The fourth-order valence-electron chi connectivity index (χ4n) is 3.46. The summed E-state index contributed by atoms with van der Waals surface area (Å²) >= 11 is 0. The van der Waals surface area contributed by atoms with E-state index >= 15 is 0 Å². The van der Waals surface area contributed by atoms with Crippen LogP contribution in [0, 0.1) is 5.82 Å². The first kappa shape index (κ1) is 21.4. The normalized spacial score (nSPS) is 12.0. The summed E-state index contributed by atoms with van der Waals surface area (Å²) in [7, 11) is 0. The highest BCUT2D eigenvalue weighted by molar-refractivity contribution is 6.09. The smallest absolute Gasteiger partial charge is 0.342 e. The number of esters is 1. The van der Waals surface area contributed by atoms with E-state index in [9.17, 15) is 14.3 Å². The van der Waals surface area contributed by atoms with Crippen molar-refractivity contribution in [2.24, 2.45) is 0 Å². The van der Waals surface area contributed by atoms with Crippen LogP contribution in [0.5, 0.6) is 11.5 Å². The van der Waals surface area contributed by atoms with E-state index in [0.29, 0.717) is 45.0 Å². The molecule has 0 saturated heterocycles. The summed E-state index contributed by atoms with van der Waals surface area (Å²) in [5, 5.41) is 10.5. The summed E-state index contributed by atoms with van der Waals surface area (Å²) < 4.78 is 30.1. The Kier molecular flexibility index (Phi) is 5.83. The van der Waals surface area contributed by atoms with Crippen LogP contribution in [0.4, 0.5) is 10.1 Å². The highest BCUT2D eigenvalue weighted by Crippen LogP contribution is 2.38. The molecular weight excluding hydrogens is 413 g/mol. The summed E-state index contributed by atoms with van der Waals surface area (Å²) in [5.41, 5.74) is 8.22. The molecular formula is C25H22FNO5. The van der Waals surface area contributed by atoms with Gasteiger partial charge in [0.25, 0.3) is 0 Å². The van der Waals surface area contributed by atoms with Crippen LogP contribution in [0.15, 0.2) is 65.1 Å². The minimum absolute atomic E-state index is 0.202. The average Bonchev–Trinajstić information content (AvgIpc) is 3.13. The Bertz CT molecular complexity index is 1260. The Balaban J connectivity index is 1.76. The summed E-state index contributed by atoms with van der Waals surface area (Å²) in [6.07, 6.45) is -0.810. The molecule has 164 valence electrons. The Hall–Kier alpha value is -3.84. The lowest BCUT2D eigenvalue weighted by atomic mass is 10.0. The molecule has 3 N–H and O–H groups in total. The molecule has 1 aromatic heterocycles. The van der Waals surface area contributed by atoms with E-state index in [1.54, 1.807) is 50.2 Å². The van der Waals surface area contributed by atoms with Crippen LogP contribution in [-0.4, -0.2) is 17.7 Å². The van der Waals surface area contributed by atoms with Crippen molar-refractivity contribution in [2.45, 2.75) is 20.0 Å². The van der Waals surface area contributed by atoms with Crippen molar-refractivity contribution in [3.05, 3.63) is 77.6 Å². The molecule has 0 radical (unpaired) electrons. The Morgan fingerprint density at radius 1 is 1.09 bits per heavy atom. The van der Waals surface area contributed by atoms with Gasteiger partial charge in [-0.1, -0.05) is 0 Å². The standard InChI is InChI=1S/C25H22FNO5/c1-3-30-25(29)23-20-12-19(14(2)28)21(27)13-22(20)32-24(23)15-4-8-17(9-5-15)31-18-10-6-16(26)7-11-18/h4-14,28H,3,27H2,1-2H3. The number of nitrogen functional groups attached to an aromatic ring is 1. The molecule has 0 spiro atoms. The Morgan fingerprint density at radius 3 is 2.31 bits per heavy atom. The van der Waals surface area contributed by atoms with Gasteiger partial charge < -0.3 is 24.7 Å². The number of carbonyl (C=O) groups excluding carboxylic acids is 1. The number of anilines is 1. The molecule has 1 heterocycles. The number of hydrogen-bond acceptors (Lipinski definition) is 6. The van der Waals surface area contributed by atoms with Crippen LogP contribution in [0.1, 0.15) is 35.9 Å². The van der Waals surface area contributed by atoms with Crippen molar-refractivity contribution >= 4 is 22.6 Å². The number of aliphatic hydroxyl groups is 1. The van der Waals surface area contributed by atoms with Crippen molar-refractivity contribution < 1.29 is 28.2 Å². The first-order valence-corrected chi connectivity index (χ1v) is 10.1. The number of halogens is 1. The number of hydrogen-bond donors (Lipinski definition) is 2. The lowest BCUT2D eigenvalue weighted by molar-refractivity contribution is 0.0528. The van der Waals surface area contributed by atoms with E-state index in [1.807, 2.05) is 0 Å². The van der Waals surface area contributed by atoms with Gasteiger partial charge in [0, 0.05) is 28.3 Å². The number of ether oxygens (including phenoxy) is 2. The van der Waals surface area contributed by atoms with Crippen LogP contribution in [0.25, 0.3) is 22.3 Å². The molecule has 3 aromatic carbocycles. The van der Waals surface area contributed by atoms with E-state index in [0.717, 1.165) is 0 Å². The van der Waals surface area contributed by atoms with Gasteiger partial charge >= 0.3 is 5.97 Å². The third-order valence-electron chi connectivity index (χ3n) is 4.99. The topological polar surface area (TPSA) is 94.9 Å². The molecule has 7 heteroatoms. The molecule has 0 fully saturated rings. The number of rotatable bonds is 6. The monoisotopic (exact) mass is 435 g/mol. The molecule has 4 rings (SSSR count). The predicted octanol–water partition coefficient (Wildman–Crippen LogP) is 5.84. The van der Waals surface area contributed by atoms with Gasteiger partial charge in [-0.2, -0.15) is 0 Å². The lowest BCUT2D eigenvalue weighted by Gasteiger charge is -2.09. The summed E-state index contributed by atoms with van der Waals surface area (Å²) in [5.74, 6) is 0.484. The van der Waals surface area contributed by atoms with Gasteiger partial charge in [0.1, 0.15) is 34.2 Å². The summed E-state index contributed by atoms with van der Waals surface area (Å²) in [6.45, 7) is 3.52. The molecule has 0 saturated carbocycles. The molecule has 0 aliphatic rings. The van der Waals surface area contributed by atoms with Crippen LogP contribution in [0.3, 0.4) is 0 Å². The molecule has 6 nitrogen and oxygen atoms in total. The van der Waals surface area contributed by atoms with Gasteiger partial charge in [0.15, 0.2) is 0 Å².